The molecule has 0 saturated carbocycles. The fourth-order valence-electron chi connectivity index (χ4n) is 3.00. The van der Waals surface area contributed by atoms with Gasteiger partial charge in [0.2, 0.25) is 0 Å². The van der Waals surface area contributed by atoms with Crippen LogP contribution in [0.5, 0.6) is 5.75 Å². The lowest BCUT2D eigenvalue weighted by molar-refractivity contribution is 0.194. The highest BCUT2D eigenvalue weighted by atomic mass is 16.5. The fraction of sp³-hybridized carbons (Fsp3) is 0.647. The van der Waals surface area contributed by atoms with Gasteiger partial charge in [0.15, 0.2) is 0 Å². The normalized spacial score (nSPS) is 18.2. The summed E-state index contributed by atoms with van der Waals surface area (Å²) in [6.45, 7) is 5.88. The molecule has 1 heterocycles. The van der Waals surface area contributed by atoms with Crippen LogP contribution in [0.4, 0.5) is 0 Å². The largest absolute Gasteiger partial charge is 0.496 e. The van der Waals surface area contributed by atoms with Crippen molar-refractivity contribution in [1.29, 1.82) is 0 Å². The van der Waals surface area contributed by atoms with Gasteiger partial charge in [0.25, 0.3) is 0 Å². The first-order chi connectivity index (χ1) is 9.70. The zero-order valence-electron chi connectivity index (χ0n) is 13.1. The van der Waals surface area contributed by atoms with E-state index in [1.807, 2.05) is 6.07 Å². The minimum Gasteiger partial charge on any atom is -0.496 e. The molecule has 1 aromatic rings. The Labute approximate surface area is 123 Å². The van der Waals surface area contributed by atoms with Gasteiger partial charge in [0.05, 0.1) is 7.11 Å². The van der Waals surface area contributed by atoms with E-state index in [0.717, 1.165) is 18.1 Å². The molecule has 3 heteroatoms. The maximum Gasteiger partial charge on any atom is 0.122 e. The van der Waals surface area contributed by atoms with Crippen LogP contribution < -0.4 is 10.1 Å². The van der Waals surface area contributed by atoms with Crippen LogP contribution in [0.15, 0.2) is 24.3 Å². The molecule has 1 fully saturated rings. The molecule has 3 nitrogen and oxygen atoms in total. The molecule has 112 valence electrons. The third-order valence-corrected chi connectivity index (χ3v) is 4.47. The van der Waals surface area contributed by atoms with Gasteiger partial charge in [-0.3, -0.25) is 0 Å². The number of likely N-dealkylation sites (N-methyl/N-ethyl adjacent to an activating group) is 1. The van der Waals surface area contributed by atoms with Gasteiger partial charge in [-0.1, -0.05) is 18.2 Å². The van der Waals surface area contributed by atoms with E-state index in [1.54, 1.807) is 7.11 Å². The molecule has 0 aromatic heterocycles. The number of hydrogen-bond acceptors (Lipinski definition) is 3. The summed E-state index contributed by atoms with van der Waals surface area (Å²) in [5.41, 5.74) is 1.31. The predicted molar refractivity (Wildman–Crippen MR) is 84.4 cm³/mol. The number of para-hydroxylation sites is 1. The molecule has 1 saturated heterocycles. The molecule has 0 spiro atoms. The van der Waals surface area contributed by atoms with Crippen molar-refractivity contribution < 1.29 is 4.74 Å². The summed E-state index contributed by atoms with van der Waals surface area (Å²) < 4.78 is 5.45. The molecule has 1 unspecified atom stereocenters. The average Bonchev–Trinajstić information content (AvgIpc) is 2.48. The van der Waals surface area contributed by atoms with Crippen molar-refractivity contribution in [3.63, 3.8) is 0 Å². The third kappa shape index (κ3) is 4.22. The highest BCUT2D eigenvalue weighted by molar-refractivity contribution is 5.33. The Morgan fingerprint density at radius 1 is 1.30 bits per heavy atom. The lowest BCUT2D eigenvalue weighted by Crippen LogP contribution is -2.39. The SMILES string of the molecule is COc1ccccc1CC(C)N(C)CC1CCNCC1. The number of benzene rings is 1. The number of nitrogens with one attached hydrogen (secondary N) is 1. The first-order valence-electron chi connectivity index (χ1n) is 7.73. The maximum absolute atomic E-state index is 5.45. The van der Waals surface area contributed by atoms with E-state index in [-0.39, 0.29) is 0 Å². The minimum absolute atomic E-state index is 0.543. The Hall–Kier alpha value is -1.06. The van der Waals surface area contributed by atoms with Crippen LogP contribution in [-0.2, 0) is 6.42 Å². The van der Waals surface area contributed by atoms with Crippen LogP contribution in [0.1, 0.15) is 25.3 Å². The van der Waals surface area contributed by atoms with Gasteiger partial charge >= 0.3 is 0 Å². The molecule has 1 aliphatic heterocycles. The van der Waals surface area contributed by atoms with Crippen molar-refractivity contribution in [2.75, 3.05) is 33.8 Å². The summed E-state index contributed by atoms with van der Waals surface area (Å²) in [6.07, 6.45) is 3.67. The zero-order chi connectivity index (χ0) is 14.4. The standard InChI is InChI=1S/C17H28N2O/c1-14(12-16-6-4-5-7-17(16)20-3)19(2)13-15-8-10-18-11-9-15/h4-7,14-15,18H,8-13H2,1-3H3. The maximum atomic E-state index is 5.45. The van der Waals surface area contributed by atoms with Gasteiger partial charge in [-0.25, -0.2) is 0 Å². The molecule has 0 bridgehead atoms. The highest BCUT2D eigenvalue weighted by Gasteiger charge is 2.18. The van der Waals surface area contributed by atoms with Gasteiger partial charge < -0.3 is 15.0 Å². The lowest BCUT2D eigenvalue weighted by atomic mass is 9.96. The Kier molecular flexibility index (Phi) is 5.86. The summed E-state index contributed by atoms with van der Waals surface area (Å²) >= 11 is 0. The summed E-state index contributed by atoms with van der Waals surface area (Å²) in [4.78, 5) is 2.50. The number of rotatable bonds is 6. The minimum atomic E-state index is 0.543. The van der Waals surface area contributed by atoms with E-state index < -0.39 is 0 Å². The monoisotopic (exact) mass is 276 g/mol. The molecule has 1 aromatic carbocycles. The zero-order valence-corrected chi connectivity index (χ0v) is 13.1. The van der Waals surface area contributed by atoms with Crippen LogP contribution in [0.3, 0.4) is 0 Å². The Morgan fingerprint density at radius 3 is 2.70 bits per heavy atom. The van der Waals surface area contributed by atoms with Crippen LogP contribution in [0.25, 0.3) is 0 Å². The number of hydrogen-bond donors (Lipinski definition) is 1. The predicted octanol–water partition coefficient (Wildman–Crippen LogP) is 2.56. The first kappa shape index (κ1) is 15.3. The molecule has 0 aliphatic carbocycles. The number of ether oxygens (including phenoxy) is 1. The molecular weight excluding hydrogens is 248 g/mol. The second-order valence-electron chi connectivity index (χ2n) is 6.00. The Balaban J connectivity index is 1.88. The Morgan fingerprint density at radius 2 is 2.00 bits per heavy atom. The van der Waals surface area contributed by atoms with Crippen LogP contribution in [0.2, 0.25) is 0 Å². The second kappa shape index (κ2) is 7.65. The third-order valence-electron chi connectivity index (χ3n) is 4.47. The van der Waals surface area contributed by atoms with Crippen molar-refractivity contribution in [2.24, 2.45) is 5.92 Å². The van der Waals surface area contributed by atoms with Crippen LogP contribution in [-0.4, -0.2) is 44.7 Å². The summed E-state index contributed by atoms with van der Waals surface area (Å²) in [6, 6.07) is 8.90. The Bertz CT molecular complexity index is 402. The second-order valence-corrected chi connectivity index (χ2v) is 6.00. The van der Waals surface area contributed by atoms with Gasteiger partial charge in [-0.15, -0.1) is 0 Å². The van der Waals surface area contributed by atoms with Gasteiger partial charge in [0.1, 0.15) is 5.75 Å². The summed E-state index contributed by atoms with van der Waals surface area (Å²) in [7, 11) is 4.00. The van der Waals surface area contributed by atoms with Gasteiger partial charge in [-0.05, 0) is 63.9 Å². The fourth-order valence-corrected chi connectivity index (χ4v) is 3.00. The van der Waals surface area contributed by atoms with Crippen LogP contribution in [0, 0.1) is 5.92 Å². The average molecular weight is 276 g/mol. The van der Waals surface area contributed by atoms with E-state index in [4.69, 9.17) is 4.74 Å². The first-order valence-corrected chi connectivity index (χ1v) is 7.73. The van der Waals surface area contributed by atoms with Crippen molar-refractivity contribution in [2.45, 2.75) is 32.2 Å². The van der Waals surface area contributed by atoms with Gasteiger partial charge in [0, 0.05) is 12.6 Å². The molecule has 1 aliphatic rings. The van der Waals surface area contributed by atoms with Gasteiger partial charge in [-0.2, -0.15) is 0 Å². The number of piperidine rings is 1. The molecular formula is C17H28N2O. The molecule has 20 heavy (non-hydrogen) atoms. The van der Waals surface area contributed by atoms with E-state index in [1.165, 1.54) is 38.0 Å². The van der Waals surface area contributed by atoms with E-state index >= 15 is 0 Å². The number of methoxy groups -OCH3 is 1. The summed E-state index contributed by atoms with van der Waals surface area (Å²) in [5.74, 6) is 1.86. The smallest absolute Gasteiger partial charge is 0.122 e. The molecule has 2 rings (SSSR count). The topological polar surface area (TPSA) is 24.5 Å². The quantitative estimate of drug-likeness (QED) is 0.864. The molecule has 1 atom stereocenters. The molecule has 0 amide bonds. The van der Waals surface area contributed by atoms with E-state index in [2.05, 4.69) is 42.4 Å². The van der Waals surface area contributed by atoms with Crippen LogP contribution >= 0.6 is 0 Å². The van der Waals surface area contributed by atoms with E-state index in [9.17, 15) is 0 Å². The van der Waals surface area contributed by atoms with Crippen molar-refractivity contribution in [3.8, 4) is 5.75 Å². The van der Waals surface area contributed by atoms with E-state index in [0.29, 0.717) is 6.04 Å². The number of nitrogens with zero attached hydrogens (tertiary/aromatic N) is 1. The lowest BCUT2D eigenvalue weighted by Gasteiger charge is -2.31. The van der Waals surface area contributed by atoms with Crippen molar-refractivity contribution in [3.05, 3.63) is 29.8 Å². The summed E-state index contributed by atoms with van der Waals surface area (Å²) in [5, 5.41) is 3.44. The molecule has 0 radical (unpaired) electrons. The van der Waals surface area contributed by atoms with Crippen molar-refractivity contribution >= 4 is 0 Å². The highest BCUT2D eigenvalue weighted by Crippen LogP contribution is 2.21. The van der Waals surface area contributed by atoms with Crippen molar-refractivity contribution in [1.82, 2.24) is 10.2 Å². The molecule has 1 N–H and O–H groups in total.